The lowest BCUT2D eigenvalue weighted by atomic mass is 9.49. The minimum atomic E-state index is -4.33. The number of rotatable bonds is 4. The van der Waals surface area contributed by atoms with E-state index in [9.17, 15) is 27.6 Å². The summed E-state index contributed by atoms with van der Waals surface area (Å²) in [6.45, 7) is 3.84. The van der Waals surface area contributed by atoms with Crippen LogP contribution in [0.15, 0.2) is 42.5 Å². The number of likely N-dealkylation sites (tertiary alicyclic amines) is 1. The fraction of sp³-hybridized carbons (Fsp3) is 0.469. The molecule has 0 unspecified atom stereocenters. The van der Waals surface area contributed by atoms with E-state index in [1.165, 1.54) is 50.7 Å². The predicted octanol–water partition coefficient (Wildman–Crippen LogP) is 4.82. The van der Waals surface area contributed by atoms with Gasteiger partial charge in [0.2, 0.25) is 5.91 Å². The Morgan fingerprint density at radius 3 is 2.42 bits per heavy atom. The number of esters is 2. The average molecular weight is 601 g/mol. The zero-order valence-corrected chi connectivity index (χ0v) is 24.5. The molecule has 11 heteroatoms. The minimum absolute atomic E-state index is 0.0486. The van der Waals surface area contributed by atoms with E-state index in [0.29, 0.717) is 17.1 Å². The lowest BCUT2D eigenvalue weighted by Gasteiger charge is -2.63. The Balaban J connectivity index is 0.000000198. The van der Waals surface area contributed by atoms with Gasteiger partial charge in [-0.05, 0) is 81.1 Å². The van der Waals surface area contributed by atoms with E-state index in [0.717, 1.165) is 56.3 Å². The van der Waals surface area contributed by atoms with Crippen molar-refractivity contribution in [2.45, 2.75) is 75.3 Å². The first kappa shape index (κ1) is 30.6. The summed E-state index contributed by atoms with van der Waals surface area (Å²) in [5, 5.41) is 2.37. The first-order chi connectivity index (χ1) is 20.3. The van der Waals surface area contributed by atoms with Gasteiger partial charge in [-0.15, -0.1) is 0 Å². The van der Waals surface area contributed by atoms with Gasteiger partial charge >= 0.3 is 18.1 Å². The van der Waals surface area contributed by atoms with Crippen LogP contribution in [0.25, 0.3) is 6.08 Å². The van der Waals surface area contributed by atoms with Crippen molar-refractivity contribution in [3.63, 3.8) is 0 Å². The second kappa shape index (κ2) is 11.3. The number of ether oxygens (including phenoxy) is 3. The summed E-state index contributed by atoms with van der Waals surface area (Å²) in [5.74, 6) is 0.280. The molecule has 2 aromatic rings. The Labute approximate surface area is 248 Å². The molecule has 2 aliphatic heterocycles. The number of alkyl halides is 3. The molecule has 0 radical (unpaired) electrons. The highest BCUT2D eigenvalue weighted by molar-refractivity contribution is 5.91. The third kappa shape index (κ3) is 5.28. The van der Waals surface area contributed by atoms with Crippen molar-refractivity contribution in [2.24, 2.45) is 0 Å². The summed E-state index contributed by atoms with van der Waals surface area (Å²) in [6.07, 6.45) is 2.73. The van der Waals surface area contributed by atoms with E-state index < -0.39 is 17.3 Å². The quantitative estimate of drug-likeness (QED) is 0.306. The second-order valence-electron chi connectivity index (χ2n) is 11.5. The van der Waals surface area contributed by atoms with Crippen LogP contribution < -0.4 is 14.8 Å². The smallest absolute Gasteiger partial charge is 0.416 e. The van der Waals surface area contributed by atoms with Gasteiger partial charge in [0.15, 0.2) is 11.5 Å². The van der Waals surface area contributed by atoms with Gasteiger partial charge in [0.25, 0.3) is 0 Å². The molecule has 2 aromatic carbocycles. The first-order valence-electron chi connectivity index (χ1n) is 14.3. The van der Waals surface area contributed by atoms with E-state index in [1.807, 2.05) is 6.07 Å². The molecular formula is C32H35F3N2O6. The molecule has 43 heavy (non-hydrogen) atoms. The van der Waals surface area contributed by atoms with E-state index in [1.54, 1.807) is 0 Å². The van der Waals surface area contributed by atoms with Crippen LogP contribution in [0.1, 0.15) is 61.8 Å². The van der Waals surface area contributed by atoms with Crippen LogP contribution in [0.5, 0.6) is 11.5 Å². The van der Waals surface area contributed by atoms with Crippen LogP contribution in [-0.2, 0) is 37.1 Å². The fourth-order valence-electron chi connectivity index (χ4n) is 7.44. The maximum absolute atomic E-state index is 12.2. The Morgan fingerprint density at radius 1 is 1.07 bits per heavy atom. The van der Waals surface area contributed by atoms with Gasteiger partial charge in [-0.3, -0.25) is 19.3 Å². The zero-order valence-electron chi connectivity index (χ0n) is 24.5. The van der Waals surface area contributed by atoms with Crippen molar-refractivity contribution in [1.29, 1.82) is 0 Å². The lowest BCUT2D eigenvalue weighted by molar-refractivity contribution is -0.212. The number of carbonyl (C=O) groups excluding carboxylic acids is 3. The van der Waals surface area contributed by atoms with Gasteiger partial charge in [0.05, 0.1) is 17.0 Å². The SMILES string of the molecule is CC(=O)Oc1ccc2c3c1O[C@H]1CCC[C@@]4(OC(C)=O)[C@@H](C2)N(C)CC[C@]314.CNC(=O)/C=C/c1ccc(C(F)(F)F)cc1. The van der Waals surface area contributed by atoms with E-state index >= 15 is 0 Å². The lowest BCUT2D eigenvalue weighted by Crippen LogP contribution is -2.75. The molecule has 2 bridgehead atoms. The summed E-state index contributed by atoms with van der Waals surface area (Å²) in [4.78, 5) is 37.0. The van der Waals surface area contributed by atoms with Crippen LogP contribution in [-0.4, -0.2) is 61.1 Å². The molecular weight excluding hydrogens is 565 g/mol. The Kier molecular flexibility index (Phi) is 8.06. The molecule has 1 amide bonds. The number of nitrogens with one attached hydrogen (secondary N) is 1. The molecule has 1 N–H and O–H groups in total. The van der Waals surface area contributed by atoms with Gasteiger partial charge in [0, 0.05) is 32.5 Å². The summed E-state index contributed by atoms with van der Waals surface area (Å²) in [5.41, 5.74) is 1.25. The van der Waals surface area contributed by atoms with Crippen LogP contribution in [0.4, 0.5) is 13.2 Å². The molecule has 2 heterocycles. The molecule has 230 valence electrons. The number of carbonyl (C=O) groups is 3. The standard InChI is InChI=1S/C21H25NO5.C11H10F3NO/c1-12(23)25-15-7-6-14-11-16-21(27-13(2)24)8-4-5-17-20(21,9-10-22(16)3)18(14)19(15)26-17;1-15-10(16)7-4-8-2-5-9(6-3-8)11(12,13)14/h6-7,16-17H,4-5,8-11H2,1-3H3;2-7H,1H3,(H,15,16)/b;7-4+/t16-,17+,20-,21-;/m1./s1. The Bertz CT molecular complexity index is 1460. The number of amides is 1. The molecule has 0 aromatic heterocycles. The van der Waals surface area contributed by atoms with Crippen molar-refractivity contribution in [3.8, 4) is 11.5 Å². The first-order valence-corrected chi connectivity index (χ1v) is 14.3. The fourth-order valence-corrected chi connectivity index (χ4v) is 7.44. The molecule has 8 nitrogen and oxygen atoms in total. The summed E-state index contributed by atoms with van der Waals surface area (Å²) in [7, 11) is 3.60. The molecule has 2 aliphatic carbocycles. The van der Waals surface area contributed by atoms with Gasteiger partial charge in [0.1, 0.15) is 11.7 Å². The summed E-state index contributed by atoms with van der Waals surface area (Å²) >= 11 is 0. The van der Waals surface area contributed by atoms with Crippen molar-refractivity contribution in [3.05, 3.63) is 64.7 Å². The maximum atomic E-state index is 12.2. The Hall–Kier alpha value is -3.86. The predicted molar refractivity (Wildman–Crippen MR) is 151 cm³/mol. The van der Waals surface area contributed by atoms with Gasteiger partial charge in [-0.2, -0.15) is 13.2 Å². The van der Waals surface area contributed by atoms with E-state index in [-0.39, 0.29) is 35.4 Å². The number of piperidine rings is 1. The number of nitrogens with zero attached hydrogens (tertiary/aromatic N) is 1. The van der Waals surface area contributed by atoms with Gasteiger partial charge in [-0.1, -0.05) is 18.2 Å². The highest BCUT2D eigenvalue weighted by atomic mass is 19.4. The molecule has 1 saturated carbocycles. The van der Waals surface area contributed by atoms with Gasteiger partial charge < -0.3 is 19.5 Å². The normalized spacial score (nSPS) is 26.9. The van der Waals surface area contributed by atoms with Crippen molar-refractivity contribution in [1.82, 2.24) is 10.2 Å². The van der Waals surface area contributed by atoms with Crippen LogP contribution in [0.2, 0.25) is 0 Å². The second-order valence-corrected chi connectivity index (χ2v) is 11.5. The minimum Gasteiger partial charge on any atom is -0.485 e. The maximum Gasteiger partial charge on any atom is 0.416 e. The molecule has 4 atom stereocenters. The third-order valence-electron chi connectivity index (χ3n) is 9.07. The van der Waals surface area contributed by atoms with Crippen molar-refractivity contribution < 1.29 is 41.8 Å². The third-order valence-corrected chi connectivity index (χ3v) is 9.07. The molecule has 2 fully saturated rings. The van der Waals surface area contributed by atoms with Gasteiger partial charge in [-0.25, -0.2) is 0 Å². The number of hydrogen-bond acceptors (Lipinski definition) is 7. The van der Waals surface area contributed by atoms with Crippen molar-refractivity contribution >= 4 is 23.9 Å². The number of halogens is 3. The van der Waals surface area contributed by atoms with E-state index in [4.69, 9.17) is 14.2 Å². The summed E-state index contributed by atoms with van der Waals surface area (Å²) < 4.78 is 54.8. The summed E-state index contributed by atoms with van der Waals surface area (Å²) in [6, 6.07) is 8.61. The van der Waals surface area contributed by atoms with Crippen LogP contribution in [0.3, 0.4) is 0 Å². The zero-order chi connectivity index (χ0) is 31.2. The topological polar surface area (TPSA) is 94.2 Å². The number of benzene rings is 2. The molecule has 4 aliphatic rings. The largest absolute Gasteiger partial charge is 0.485 e. The highest BCUT2D eigenvalue weighted by Crippen LogP contribution is 2.66. The van der Waals surface area contributed by atoms with Crippen LogP contribution >= 0.6 is 0 Å². The molecule has 6 rings (SSSR count). The number of likely N-dealkylation sites (N-methyl/N-ethyl adjacent to an activating group) is 2. The number of hydrogen-bond donors (Lipinski definition) is 1. The molecule has 1 spiro atoms. The van der Waals surface area contributed by atoms with Crippen molar-refractivity contribution in [2.75, 3.05) is 20.6 Å². The molecule has 1 saturated heterocycles. The Morgan fingerprint density at radius 2 is 1.79 bits per heavy atom. The van der Waals surface area contributed by atoms with E-state index in [2.05, 4.69) is 23.3 Å². The highest BCUT2D eigenvalue weighted by Gasteiger charge is 2.73. The monoisotopic (exact) mass is 600 g/mol. The average Bonchev–Trinajstić information content (AvgIpc) is 3.29. The van der Waals surface area contributed by atoms with Crippen LogP contribution in [0, 0.1) is 0 Å².